The zero-order valence-electron chi connectivity index (χ0n) is 38.4. The van der Waals surface area contributed by atoms with Gasteiger partial charge in [0.25, 0.3) is 0 Å². The van der Waals surface area contributed by atoms with Gasteiger partial charge in [0.15, 0.2) is 0 Å². The van der Waals surface area contributed by atoms with Crippen molar-refractivity contribution in [3.63, 3.8) is 0 Å². The highest BCUT2D eigenvalue weighted by molar-refractivity contribution is 7.25. The Labute approximate surface area is 402 Å². The molecule has 0 unspecified atom stereocenters. The van der Waals surface area contributed by atoms with E-state index in [1.54, 1.807) is 53.9 Å². The highest BCUT2D eigenvalue weighted by Gasteiger charge is 2.38. The fourth-order valence-corrected chi connectivity index (χ4v) is 16.1. The van der Waals surface area contributed by atoms with Gasteiger partial charge < -0.3 is 4.42 Å². The van der Waals surface area contributed by atoms with Crippen LogP contribution in [0.1, 0.15) is 0 Å². The number of thiophene rings is 1. The second-order valence-electron chi connectivity index (χ2n) is 21.2. The maximum absolute atomic E-state index is 5.65. The Morgan fingerprint density at radius 2 is 0.429 bits per heavy atom. The number of para-hydroxylation sites is 2. The molecular formula is C67H35BOS. The standard InChI is InChI=1S/C40H10.C12H8O.C12H8S.C3H9B/c1-2-12-14-5-6-16-18-9-10-20-19-8-7-17-15-4-3-13-11(1)21-22(12)32-24(14)26(16)34-29(18)30(20)35-28(19)27(17)33-25(15)23(13)31(21)36-37(32)39(34)40(35)38(33)36;2*1-3-7-11-9(5-1)10-6-2-4-8-12(10)13-11;1-4(2)3/h1-10H;2*1-8H;1-3H3. The minimum atomic E-state index is 0.833. The van der Waals surface area contributed by atoms with Crippen LogP contribution in [0.5, 0.6) is 0 Å². The van der Waals surface area contributed by atoms with Crippen LogP contribution in [0.15, 0.2) is 162 Å². The number of hydrogen-bond acceptors (Lipinski definition) is 2. The molecule has 0 aliphatic heterocycles. The number of rotatable bonds is 0. The summed E-state index contributed by atoms with van der Waals surface area (Å²) in [5.74, 6) is 0. The molecule has 70 heavy (non-hydrogen) atoms. The molecule has 318 valence electrons. The lowest BCUT2D eigenvalue weighted by molar-refractivity contribution is 0.669. The van der Waals surface area contributed by atoms with Crippen LogP contribution >= 0.6 is 11.3 Å². The number of hydrogen-bond donors (Lipinski definition) is 0. The minimum absolute atomic E-state index is 0.833. The Morgan fingerprint density at radius 1 is 0.229 bits per heavy atom. The van der Waals surface area contributed by atoms with Crippen molar-refractivity contribution in [1.29, 1.82) is 0 Å². The third-order valence-electron chi connectivity index (χ3n) is 17.0. The lowest BCUT2D eigenvalue weighted by Gasteiger charge is -2.11. The van der Waals surface area contributed by atoms with Crippen LogP contribution in [0.3, 0.4) is 0 Å². The van der Waals surface area contributed by atoms with Crippen LogP contribution in [-0.2, 0) is 0 Å². The van der Waals surface area contributed by atoms with Gasteiger partial charge in [-0.15, -0.1) is 11.3 Å². The van der Waals surface area contributed by atoms with E-state index in [0.717, 1.165) is 17.9 Å². The summed E-state index contributed by atoms with van der Waals surface area (Å²) in [6.45, 7) is 7.33. The molecule has 22 rings (SSSR count). The van der Waals surface area contributed by atoms with Crippen molar-refractivity contribution >= 4 is 222 Å². The first-order valence-corrected chi connectivity index (χ1v) is 25.7. The lowest BCUT2D eigenvalue weighted by Crippen LogP contribution is -1.84. The second kappa shape index (κ2) is 11.6. The largest absolute Gasteiger partial charge is 0.456 e. The van der Waals surface area contributed by atoms with E-state index in [-0.39, 0.29) is 0 Å². The van der Waals surface area contributed by atoms with Crippen molar-refractivity contribution < 1.29 is 4.42 Å². The molecule has 22 aromatic rings. The minimum Gasteiger partial charge on any atom is -0.456 e. The van der Waals surface area contributed by atoms with Crippen LogP contribution in [-0.4, -0.2) is 6.71 Å². The third-order valence-corrected chi connectivity index (χ3v) is 18.2. The molecule has 3 heteroatoms. The normalized spacial score (nSPS) is 13.4. The van der Waals surface area contributed by atoms with E-state index in [9.17, 15) is 0 Å². The fraction of sp³-hybridized carbons (Fsp3) is 0.0448. The Kier molecular flexibility index (Phi) is 5.94. The zero-order chi connectivity index (χ0) is 45.3. The number of benzene rings is 14. The molecule has 20 aromatic carbocycles. The van der Waals surface area contributed by atoms with Crippen molar-refractivity contribution in [2.45, 2.75) is 20.5 Å². The first-order chi connectivity index (χ1) is 34.5. The number of fused-ring (bicyclic) bond motifs is 11. The van der Waals surface area contributed by atoms with Gasteiger partial charge in [-0.2, -0.15) is 0 Å². The van der Waals surface area contributed by atoms with Gasteiger partial charge >= 0.3 is 0 Å². The monoisotopic (exact) mass is 898 g/mol. The Morgan fingerprint density at radius 3 is 0.686 bits per heavy atom. The van der Waals surface area contributed by atoms with E-state index in [2.05, 4.69) is 142 Å². The van der Waals surface area contributed by atoms with E-state index >= 15 is 0 Å². The summed E-state index contributed by atoms with van der Waals surface area (Å²) < 4.78 is 8.41. The van der Waals surface area contributed by atoms with Gasteiger partial charge in [-0.25, -0.2) is 0 Å². The predicted molar refractivity (Wildman–Crippen MR) is 311 cm³/mol. The van der Waals surface area contributed by atoms with Crippen molar-refractivity contribution in [2.75, 3.05) is 0 Å². The molecule has 0 aliphatic rings. The van der Waals surface area contributed by atoms with Gasteiger partial charge in [0.05, 0.1) is 0 Å². The fourth-order valence-electron chi connectivity index (χ4n) is 15.0. The molecule has 2 heterocycles. The van der Waals surface area contributed by atoms with Crippen molar-refractivity contribution in [1.82, 2.24) is 0 Å². The van der Waals surface area contributed by atoms with E-state index in [4.69, 9.17) is 4.42 Å². The highest BCUT2D eigenvalue weighted by atomic mass is 32.1. The lowest BCUT2D eigenvalue weighted by atomic mass is 9.58. The van der Waals surface area contributed by atoms with Gasteiger partial charge in [0, 0.05) is 30.9 Å². The predicted octanol–water partition coefficient (Wildman–Crippen LogP) is 20.7. The van der Waals surface area contributed by atoms with Gasteiger partial charge in [-0.05, 0) is 186 Å². The molecule has 0 aliphatic carbocycles. The molecule has 0 saturated heterocycles. The molecule has 0 fully saturated rings. The maximum atomic E-state index is 5.65. The van der Waals surface area contributed by atoms with Crippen molar-refractivity contribution in [3.8, 4) is 0 Å². The summed E-state index contributed by atoms with van der Waals surface area (Å²) in [5, 5.41) is 50.6. The molecule has 2 aromatic heterocycles. The second-order valence-corrected chi connectivity index (χ2v) is 22.3. The summed E-state index contributed by atoms with van der Waals surface area (Å²) >= 11 is 1.86. The molecule has 0 atom stereocenters. The Balaban J connectivity index is 0.000000106. The molecular weight excluding hydrogens is 864 g/mol. The van der Waals surface area contributed by atoms with E-state index in [1.807, 2.05) is 47.7 Å². The average Bonchev–Trinajstić information content (AvgIpc) is 4.28. The average molecular weight is 899 g/mol. The van der Waals surface area contributed by atoms with Crippen LogP contribution in [0.25, 0.3) is 204 Å². The summed E-state index contributed by atoms with van der Waals surface area (Å²) in [6.07, 6.45) is 0. The maximum Gasteiger partial charge on any atom is 0.135 e. The summed E-state index contributed by atoms with van der Waals surface area (Å²) in [5.41, 5.74) is 1.92. The quantitative estimate of drug-likeness (QED) is 0.109. The van der Waals surface area contributed by atoms with E-state index < -0.39 is 0 Å². The van der Waals surface area contributed by atoms with Crippen molar-refractivity contribution in [3.05, 3.63) is 158 Å². The molecule has 0 radical (unpaired) electrons. The van der Waals surface area contributed by atoms with Gasteiger partial charge in [0.2, 0.25) is 0 Å². The van der Waals surface area contributed by atoms with Gasteiger partial charge in [-0.1, -0.05) is 154 Å². The molecule has 0 amide bonds. The topological polar surface area (TPSA) is 13.1 Å². The molecule has 0 N–H and O–H groups in total. The number of furan rings is 1. The van der Waals surface area contributed by atoms with Crippen molar-refractivity contribution in [2.24, 2.45) is 0 Å². The van der Waals surface area contributed by atoms with Gasteiger partial charge in [-0.3, -0.25) is 0 Å². The first-order valence-electron chi connectivity index (χ1n) is 24.9. The summed E-state index contributed by atoms with van der Waals surface area (Å²) in [4.78, 5) is 0. The summed E-state index contributed by atoms with van der Waals surface area (Å²) in [7, 11) is 0. The molecule has 0 spiro atoms. The molecule has 0 bridgehead atoms. The zero-order valence-corrected chi connectivity index (χ0v) is 39.2. The van der Waals surface area contributed by atoms with Gasteiger partial charge in [0.1, 0.15) is 17.9 Å². The Bertz CT molecular complexity index is 4700. The highest BCUT2D eigenvalue weighted by Crippen LogP contribution is 2.68. The Hall–Kier alpha value is -8.24. The van der Waals surface area contributed by atoms with Crippen LogP contribution in [0.4, 0.5) is 0 Å². The summed E-state index contributed by atoms with van der Waals surface area (Å²) in [6, 6.07) is 57.8. The van der Waals surface area contributed by atoms with Crippen LogP contribution < -0.4 is 0 Å². The smallest absolute Gasteiger partial charge is 0.135 e. The van der Waals surface area contributed by atoms with E-state index in [0.29, 0.717) is 0 Å². The van der Waals surface area contributed by atoms with E-state index in [1.165, 1.54) is 139 Å². The molecule has 1 nitrogen and oxygen atoms in total. The first kappa shape index (κ1) is 35.8. The molecule has 0 saturated carbocycles. The van der Waals surface area contributed by atoms with Crippen LogP contribution in [0, 0.1) is 0 Å². The van der Waals surface area contributed by atoms with Crippen LogP contribution in [0.2, 0.25) is 20.5 Å². The third kappa shape index (κ3) is 3.68. The SMILES string of the molecule is CB(C)C.c1cc2c3ccc4c5ccc6c7ccc8c9ccc%10c1c1c2c2c3c4c3c5c6c4c7c8c5c9c%10c1c1c2c3c4c51.c1ccc2c(c1)oc1ccccc12.c1ccc2c(c1)sc1ccccc12.